The lowest BCUT2D eigenvalue weighted by Crippen LogP contribution is -2.50. The van der Waals surface area contributed by atoms with Gasteiger partial charge in [0.15, 0.2) is 0 Å². The summed E-state index contributed by atoms with van der Waals surface area (Å²) < 4.78 is 6.13. The van der Waals surface area contributed by atoms with Gasteiger partial charge >= 0.3 is 0 Å². The lowest BCUT2D eigenvalue weighted by atomic mass is 9.87. The Hall–Kier alpha value is -0.650. The lowest BCUT2D eigenvalue weighted by Gasteiger charge is -2.39. The second kappa shape index (κ2) is 4.69. The van der Waals surface area contributed by atoms with Crippen molar-refractivity contribution in [2.75, 3.05) is 31.7 Å². The van der Waals surface area contributed by atoms with Crippen LogP contribution in [0.3, 0.4) is 0 Å². The first kappa shape index (κ1) is 11.8. The van der Waals surface area contributed by atoms with E-state index in [4.69, 9.17) is 4.74 Å². The van der Waals surface area contributed by atoms with Gasteiger partial charge in [0, 0.05) is 11.0 Å². The van der Waals surface area contributed by atoms with Gasteiger partial charge in [-0.3, -0.25) is 0 Å². The molecule has 88 valence electrons. The van der Waals surface area contributed by atoms with E-state index < -0.39 is 0 Å². The number of pyridine rings is 1. The number of aliphatic hydroxyl groups excluding tert-OH is 1. The number of aryl methyl sites for hydroxylation is 1. The van der Waals surface area contributed by atoms with Crippen molar-refractivity contribution in [3.05, 3.63) is 22.3 Å². The van der Waals surface area contributed by atoms with Crippen molar-refractivity contribution in [2.45, 2.75) is 6.92 Å². The highest BCUT2D eigenvalue weighted by Crippen LogP contribution is 2.27. The van der Waals surface area contributed by atoms with Gasteiger partial charge in [-0.1, -0.05) is 0 Å². The minimum Gasteiger partial charge on any atom is -0.396 e. The third-order valence-corrected chi connectivity index (χ3v) is 3.66. The summed E-state index contributed by atoms with van der Waals surface area (Å²) >= 11 is 3.41. The molecule has 1 saturated heterocycles. The molecule has 0 saturated carbocycles. The number of hydrogen-bond donors (Lipinski definition) is 2. The molecule has 1 aromatic heterocycles. The van der Waals surface area contributed by atoms with E-state index >= 15 is 0 Å². The van der Waals surface area contributed by atoms with E-state index in [0.29, 0.717) is 19.8 Å². The van der Waals surface area contributed by atoms with Crippen LogP contribution in [0.25, 0.3) is 0 Å². The summed E-state index contributed by atoms with van der Waals surface area (Å²) in [5, 5.41) is 12.5. The Morgan fingerprint density at radius 3 is 2.81 bits per heavy atom. The van der Waals surface area contributed by atoms with Gasteiger partial charge in [0.2, 0.25) is 0 Å². The molecule has 0 amide bonds. The van der Waals surface area contributed by atoms with Gasteiger partial charge in [-0.2, -0.15) is 0 Å². The smallest absolute Gasteiger partial charge is 0.126 e. The van der Waals surface area contributed by atoms with E-state index in [1.54, 1.807) is 0 Å². The Morgan fingerprint density at radius 1 is 1.56 bits per heavy atom. The first-order chi connectivity index (χ1) is 7.65. The summed E-state index contributed by atoms with van der Waals surface area (Å²) in [5.41, 5.74) is 0.829. The first-order valence-electron chi connectivity index (χ1n) is 5.21. The van der Waals surface area contributed by atoms with Crippen LogP contribution in [0.4, 0.5) is 5.82 Å². The highest BCUT2D eigenvalue weighted by Gasteiger charge is 2.37. The minimum absolute atomic E-state index is 0.122. The predicted molar refractivity (Wildman–Crippen MR) is 65.5 cm³/mol. The maximum absolute atomic E-state index is 9.27. The van der Waals surface area contributed by atoms with Gasteiger partial charge < -0.3 is 15.2 Å². The fourth-order valence-electron chi connectivity index (χ4n) is 1.56. The van der Waals surface area contributed by atoms with Crippen LogP contribution in [-0.2, 0) is 4.74 Å². The third kappa shape index (κ3) is 2.36. The Labute approximate surface area is 103 Å². The Bertz CT molecular complexity index is 375. The number of aliphatic hydroxyl groups is 1. The van der Waals surface area contributed by atoms with Crippen LogP contribution < -0.4 is 5.32 Å². The molecule has 1 aliphatic heterocycles. The van der Waals surface area contributed by atoms with E-state index in [2.05, 4.69) is 26.2 Å². The molecule has 0 radical (unpaired) electrons. The van der Waals surface area contributed by atoms with E-state index in [0.717, 1.165) is 16.0 Å². The van der Waals surface area contributed by atoms with Crippen molar-refractivity contribution < 1.29 is 9.84 Å². The maximum Gasteiger partial charge on any atom is 0.126 e. The number of nitrogens with zero attached hydrogens (tertiary/aromatic N) is 1. The third-order valence-electron chi connectivity index (χ3n) is 2.82. The maximum atomic E-state index is 9.27. The summed E-state index contributed by atoms with van der Waals surface area (Å²) in [6.45, 7) is 4.02. The number of rotatable bonds is 4. The standard InChI is InChI=1S/C11H15BrN2O2/c1-8-9(12)2-3-10(14-8)13-4-11(5-15)6-16-7-11/h2-3,15H,4-7H2,1H3,(H,13,14). The molecule has 0 aliphatic carbocycles. The average Bonchev–Trinajstić information content (AvgIpc) is 2.22. The zero-order chi connectivity index (χ0) is 11.6. The van der Waals surface area contributed by atoms with Crippen LogP contribution in [0.5, 0.6) is 0 Å². The second-order valence-corrected chi connectivity index (χ2v) is 5.12. The monoisotopic (exact) mass is 286 g/mol. The van der Waals surface area contributed by atoms with Crippen LogP contribution in [0.2, 0.25) is 0 Å². The van der Waals surface area contributed by atoms with Crippen molar-refractivity contribution in [3.8, 4) is 0 Å². The highest BCUT2D eigenvalue weighted by atomic mass is 79.9. The SMILES string of the molecule is Cc1nc(NCC2(CO)COC2)ccc1Br. The fraction of sp³-hybridized carbons (Fsp3) is 0.545. The number of nitrogens with one attached hydrogen (secondary N) is 1. The summed E-state index contributed by atoms with van der Waals surface area (Å²) in [7, 11) is 0. The van der Waals surface area contributed by atoms with E-state index in [9.17, 15) is 5.11 Å². The van der Waals surface area contributed by atoms with E-state index in [-0.39, 0.29) is 12.0 Å². The predicted octanol–water partition coefficient (Wildman–Crippen LogP) is 1.57. The van der Waals surface area contributed by atoms with Gasteiger partial charge in [0.25, 0.3) is 0 Å². The molecule has 0 atom stereocenters. The zero-order valence-corrected chi connectivity index (χ0v) is 10.7. The van der Waals surface area contributed by atoms with Crippen LogP contribution in [0, 0.1) is 12.3 Å². The Kier molecular flexibility index (Phi) is 3.47. The molecule has 2 rings (SSSR count). The molecule has 2 heterocycles. The summed E-state index contributed by atoms with van der Waals surface area (Å²) in [6.07, 6.45) is 0. The van der Waals surface area contributed by atoms with Gasteiger partial charge in [-0.05, 0) is 35.0 Å². The molecule has 16 heavy (non-hydrogen) atoms. The minimum atomic E-state index is -0.122. The molecule has 2 N–H and O–H groups in total. The zero-order valence-electron chi connectivity index (χ0n) is 9.16. The van der Waals surface area contributed by atoms with Gasteiger partial charge in [-0.15, -0.1) is 0 Å². The molecule has 1 aromatic rings. The topological polar surface area (TPSA) is 54.4 Å². The summed E-state index contributed by atoms with van der Waals surface area (Å²) in [4.78, 5) is 4.39. The summed E-state index contributed by atoms with van der Waals surface area (Å²) in [5.74, 6) is 0.834. The molecule has 1 aliphatic rings. The Morgan fingerprint density at radius 2 is 2.31 bits per heavy atom. The average molecular weight is 287 g/mol. The molecule has 4 nitrogen and oxygen atoms in total. The van der Waals surface area contributed by atoms with Crippen LogP contribution in [0.15, 0.2) is 16.6 Å². The van der Waals surface area contributed by atoms with Crippen LogP contribution >= 0.6 is 15.9 Å². The molecule has 0 spiro atoms. The number of aromatic nitrogens is 1. The van der Waals surface area contributed by atoms with E-state index in [1.807, 2.05) is 19.1 Å². The van der Waals surface area contributed by atoms with Crippen molar-refractivity contribution in [2.24, 2.45) is 5.41 Å². The highest BCUT2D eigenvalue weighted by molar-refractivity contribution is 9.10. The fourth-order valence-corrected chi connectivity index (χ4v) is 1.78. The number of halogens is 1. The second-order valence-electron chi connectivity index (χ2n) is 4.27. The van der Waals surface area contributed by atoms with Crippen LogP contribution in [0.1, 0.15) is 5.69 Å². The van der Waals surface area contributed by atoms with Gasteiger partial charge in [-0.25, -0.2) is 4.98 Å². The molecule has 0 unspecified atom stereocenters. The quantitative estimate of drug-likeness (QED) is 0.882. The first-order valence-corrected chi connectivity index (χ1v) is 6.00. The van der Waals surface area contributed by atoms with Crippen molar-refractivity contribution in [3.63, 3.8) is 0 Å². The molecule has 5 heteroatoms. The normalized spacial score (nSPS) is 17.9. The number of ether oxygens (including phenoxy) is 1. The largest absolute Gasteiger partial charge is 0.396 e. The lowest BCUT2D eigenvalue weighted by molar-refractivity contribution is -0.128. The molecule has 0 bridgehead atoms. The van der Waals surface area contributed by atoms with Crippen LogP contribution in [-0.4, -0.2) is 36.5 Å². The van der Waals surface area contributed by atoms with Crippen molar-refractivity contribution in [1.29, 1.82) is 0 Å². The molecule has 0 aromatic carbocycles. The van der Waals surface area contributed by atoms with Crippen molar-refractivity contribution >= 4 is 21.7 Å². The Balaban J connectivity index is 1.96. The molecule has 1 fully saturated rings. The molecular weight excluding hydrogens is 272 g/mol. The summed E-state index contributed by atoms with van der Waals surface area (Å²) in [6, 6.07) is 3.88. The number of hydrogen-bond acceptors (Lipinski definition) is 4. The molecular formula is C11H15BrN2O2. The van der Waals surface area contributed by atoms with Gasteiger partial charge in [0.1, 0.15) is 5.82 Å². The van der Waals surface area contributed by atoms with E-state index in [1.165, 1.54) is 0 Å². The van der Waals surface area contributed by atoms with Gasteiger partial charge in [0.05, 0.1) is 30.9 Å². The van der Waals surface area contributed by atoms with Crippen molar-refractivity contribution in [1.82, 2.24) is 4.98 Å². The number of anilines is 1.